The van der Waals surface area contributed by atoms with Crippen LogP contribution in [0.4, 0.5) is 29.2 Å². The van der Waals surface area contributed by atoms with E-state index in [1.807, 2.05) is 38.4 Å². The fourth-order valence-corrected chi connectivity index (χ4v) is 4.69. The van der Waals surface area contributed by atoms with E-state index in [4.69, 9.17) is 9.97 Å². The molecular formula is C31H37ClN8. The number of halogens is 1. The minimum atomic E-state index is 0. The van der Waals surface area contributed by atoms with Crippen LogP contribution >= 0.6 is 12.4 Å². The molecule has 2 heterocycles. The molecule has 0 amide bonds. The van der Waals surface area contributed by atoms with E-state index < -0.39 is 0 Å². The van der Waals surface area contributed by atoms with Gasteiger partial charge in [0.1, 0.15) is 0 Å². The Labute approximate surface area is 243 Å². The Morgan fingerprint density at radius 3 is 2.23 bits per heavy atom. The lowest BCUT2D eigenvalue weighted by Gasteiger charge is -2.32. The fourth-order valence-electron chi connectivity index (χ4n) is 4.69. The molecule has 4 aromatic rings. The molecule has 8 nitrogen and oxygen atoms in total. The molecule has 3 aromatic carbocycles. The summed E-state index contributed by atoms with van der Waals surface area (Å²) in [6.45, 7) is 3.89. The third kappa shape index (κ3) is 7.93. The van der Waals surface area contributed by atoms with Crippen molar-refractivity contribution in [2.24, 2.45) is 11.0 Å². The molecule has 1 saturated heterocycles. The molecular weight excluding hydrogens is 520 g/mol. The SMILES string of the molecule is Cc1ccc(Nc2nc(NN=Cc3ccc(N(C)C)cc3)nc(N3CCC(Cc4ccccc4)CC3)n2)cc1.Cl. The monoisotopic (exact) mass is 556 g/mol. The topological polar surface area (TPSA) is 81.6 Å². The Balaban J connectivity index is 0.00000370. The summed E-state index contributed by atoms with van der Waals surface area (Å²) in [7, 11) is 4.05. The molecule has 0 unspecified atom stereocenters. The largest absolute Gasteiger partial charge is 0.378 e. The Bertz CT molecular complexity index is 1370. The highest BCUT2D eigenvalue weighted by atomic mass is 35.5. The number of aromatic nitrogens is 3. The summed E-state index contributed by atoms with van der Waals surface area (Å²) in [4.78, 5) is 18.4. The van der Waals surface area contributed by atoms with Crippen molar-refractivity contribution in [2.45, 2.75) is 26.2 Å². The van der Waals surface area contributed by atoms with Crippen LogP contribution in [0.1, 0.15) is 29.5 Å². The molecule has 1 fully saturated rings. The van der Waals surface area contributed by atoms with Crippen LogP contribution in [0.3, 0.4) is 0 Å². The number of rotatable bonds is 9. The van der Waals surface area contributed by atoms with Crippen molar-refractivity contribution in [1.29, 1.82) is 0 Å². The van der Waals surface area contributed by atoms with Crippen LogP contribution in [0.2, 0.25) is 0 Å². The van der Waals surface area contributed by atoms with Gasteiger partial charge < -0.3 is 15.1 Å². The van der Waals surface area contributed by atoms with Crippen LogP contribution in [-0.4, -0.2) is 48.4 Å². The smallest absolute Gasteiger partial charge is 0.250 e. The predicted molar refractivity (Wildman–Crippen MR) is 169 cm³/mol. The van der Waals surface area contributed by atoms with Crippen molar-refractivity contribution in [3.05, 3.63) is 95.6 Å². The molecule has 2 N–H and O–H groups in total. The highest BCUT2D eigenvalue weighted by Gasteiger charge is 2.22. The number of nitrogens with zero attached hydrogens (tertiary/aromatic N) is 6. The van der Waals surface area contributed by atoms with Gasteiger partial charge in [0, 0.05) is 38.6 Å². The van der Waals surface area contributed by atoms with Gasteiger partial charge in [-0.25, -0.2) is 5.43 Å². The number of nitrogens with one attached hydrogen (secondary N) is 2. The van der Waals surface area contributed by atoms with Gasteiger partial charge in [-0.1, -0.05) is 60.2 Å². The molecule has 0 radical (unpaired) electrons. The Kier molecular flexibility index (Phi) is 9.91. The van der Waals surface area contributed by atoms with Crippen LogP contribution in [-0.2, 0) is 6.42 Å². The van der Waals surface area contributed by atoms with E-state index in [0.717, 1.165) is 49.3 Å². The minimum absolute atomic E-state index is 0. The number of anilines is 5. The van der Waals surface area contributed by atoms with E-state index in [0.29, 0.717) is 23.8 Å². The number of benzene rings is 3. The summed E-state index contributed by atoms with van der Waals surface area (Å²) in [6, 6.07) is 27.1. The van der Waals surface area contributed by atoms with Gasteiger partial charge in [-0.2, -0.15) is 20.1 Å². The zero-order chi connectivity index (χ0) is 27.0. The van der Waals surface area contributed by atoms with E-state index in [2.05, 4.69) is 92.1 Å². The lowest BCUT2D eigenvalue weighted by Crippen LogP contribution is -2.35. The predicted octanol–water partition coefficient (Wildman–Crippen LogP) is 6.32. The van der Waals surface area contributed by atoms with Gasteiger partial charge >= 0.3 is 0 Å². The summed E-state index contributed by atoms with van der Waals surface area (Å²) < 4.78 is 0. The molecule has 1 aliphatic heterocycles. The van der Waals surface area contributed by atoms with E-state index in [-0.39, 0.29) is 12.4 Å². The van der Waals surface area contributed by atoms with Crippen molar-refractivity contribution in [2.75, 3.05) is 47.7 Å². The van der Waals surface area contributed by atoms with Crippen molar-refractivity contribution < 1.29 is 0 Å². The number of hydrogen-bond acceptors (Lipinski definition) is 8. The average Bonchev–Trinajstić information content (AvgIpc) is 2.95. The highest BCUT2D eigenvalue weighted by molar-refractivity contribution is 5.85. The van der Waals surface area contributed by atoms with Gasteiger partial charge in [0.05, 0.1) is 6.21 Å². The molecule has 0 aliphatic carbocycles. The second-order valence-electron chi connectivity index (χ2n) is 10.2. The summed E-state index contributed by atoms with van der Waals surface area (Å²) in [5.74, 6) is 2.22. The standard InChI is InChI=1S/C31H36N8.ClH/c1-23-9-13-27(14-10-23)33-29-34-30(37-32-22-26-11-15-28(16-12-26)38(2)3)36-31(35-29)39-19-17-25(18-20-39)21-24-7-5-4-6-8-24;/h4-16,22,25H,17-21H2,1-3H3,(H2,33,34,35,36,37);1H. The second-order valence-corrected chi connectivity index (χ2v) is 10.2. The van der Waals surface area contributed by atoms with Crippen LogP contribution in [0.15, 0.2) is 84.0 Å². The Hall–Kier alpha value is -4.17. The van der Waals surface area contributed by atoms with Gasteiger partial charge in [0.15, 0.2) is 0 Å². The quantitative estimate of drug-likeness (QED) is 0.184. The first kappa shape index (κ1) is 28.8. The maximum Gasteiger partial charge on any atom is 0.250 e. The van der Waals surface area contributed by atoms with Crippen LogP contribution in [0, 0.1) is 12.8 Å². The first-order valence-electron chi connectivity index (χ1n) is 13.5. The Morgan fingerprint density at radius 1 is 0.875 bits per heavy atom. The van der Waals surface area contributed by atoms with Gasteiger partial charge in [0.25, 0.3) is 0 Å². The van der Waals surface area contributed by atoms with E-state index >= 15 is 0 Å². The molecule has 1 aromatic heterocycles. The minimum Gasteiger partial charge on any atom is -0.378 e. The molecule has 208 valence electrons. The van der Waals surface area contributed by atoms with Gasteiger partial charge in [-0.05, 0) is 67.5 Å². The zero-order valence-corrected chi connectivity index (χ0v) is 24.1. The molecule has 5 rings (SSSR count). The molecule has 1 aliphatic rings. The van der Waals surface area contributed by atoms with Crippen LogP contribution in [0.5, 0.6) is 0 Å². The first-order chi connectivity index (χ1) is 19.0. The van der Waals surface area contributed by atoms with Gasteiger partial charge in [-0.15, -0.1) is 12.4 Å². The van der Waals surface area contributed by atoms with Crippen molar-refractivity contribution in [1.82, 2.24) is 15.0 Å². The molecule has 0 spiro atoms. The number of hydrazone groups is 1. The summed E-state index contributed by atoms with van der Waals surface area (Å²) in [5.41, 5.74) is 8.67. The highest BCUT2D eigenvalue weighted by Crippen LogP contribution is 2.26. The molecule has 9 heteroatoms. The first-order valence-corrected chi connectivity index (χ1v) is 13.5. The summed E-state index contributed by atoms with van der Waals surface area (Å²) in [5, 5.41) is 7.74. The molecule has 40 heavy (non-hydrogen) atoms. The summed E-state index contributed by atoms with van der Waals surface area (Å²) in [6.07, 6.45) is 5.09. The Morgan fingerprint density at radius 2 is 1.55 bits per heavy atom. The zero-order valence-electron chi connectivity index (χ0n) is 23.3. The summed E-state index contributed by atoms with van der Waals surface area (Å²) >= 11 is 0. The lowest BCUT2D eigenvalue weighted by atomic mass is 9.90. The van der Waals surface area contributed by atoms with Crippen LogP contribution in [0.25, 0.3) is 0 Å². The normalized spacial score (nSPS) is 13.6. The number of piperidine rings is 1. The fraction of sp³-hybridized carbons (Fsp3) is 0.290. The van der Waals surface area contributed by atoms with Gasteiger partial charge in [-0.3, -0.25) is 0 Å². The molecule has 0 bridgehead atoms. The van der Waals surface area contributed by atoms with Crippen molar-refractivity contribution >= 4 is 47.8 Å². The lowest BCUT2D eigenvalue weighted by molar-refractivity contribution is 0.400. The molecule has 0 atom stereocenters. The maximum absolute atomic E-state index is 4.77. The number of aryl methyl sites for hydroxylation is 1. The third-order valence-electron chi connectivity index (χ3n) is 6.98. The van der Waals surface area contributed by atoms with E-state index in [1.165, 1.54) is 11.1 Å². The maximum atomic E-state index is 4.77. The van der Waals surface area contributed by atoms with E-state index in [1.54, 1.807) is 6.21 Å². The second kappa shape index (κ2) is 13.8. The third-order valence-corrected chi connectivity index (χ3v) is 6.98. The average molecular weight is 557 g/mol. The van der Waals surface area contributed by atoms with E-state index in [9.17, 15) is 0 Å². The number of hydrogen-bond donors (Lipinski definition) is 2. The van der Waals surface area contributed by atoms with Crippen LogP contribution < -0.4 is 20.5 Å². The van der Waals surface area contributed by atoms with Crippen molar-refractivity contribution in [3.63, 3.8) is 0 Å². The van der Waals surface area contributed by atoms with Gasteiger partial charge in [0.2, 0.25) is 17.8 Å². The molecule has 0 saturated carbocycles. The van der Waals surface area contributed by atoms with Crippen molar-refractivity contribution in [3.8, 4) is 0 Å².